The average Bonchev–Trinajstić information content (AvgIpc) is 2.10. The van der Waals surface area contributed by atoms with Gasteiger partial charge in [-0.3, -0.25) is 9.69 Å². The zero-order chi connectivity index (χ0) is 11.1. The molecule has 3 nitrogen and oxygen atoms in total. The number of hydrogen-bond acceptors (Lipinski definition) is 3. The molecular weight excluding hydrogens is 198 g/mol. The molecule has 0 aliphatic carbocycles. The van der Waals surface area contributed by atoms with Crippen LogP contribution >= 0.6 is 11.8 Å². The first-order valence-corrected chi connectivity index (χ1v) is 5.79. The van der Waals surface area contributed by atoms with E-state index in [1.807, 2.05) is 12.3 Å². The van der Waals surface area contributed by atoms with Crippen LogP contribution in [0.2, 0.25) is 0 Å². The van der Waals surface area contributed by atoms with E-state index < -0.39 is 12.0 Å². The van der Waals surface area contributed by atoms with Crippen LogP contribution in [0.4, 0.5) is 0 Å². The summed E-state index contributed by atoms with van der Waals surface area (Å²) >= 11 is 1.65. The van der Waals surface area contributed by atoms with Crippen molar-refractivity contribution in [3.8, 4) is 0 Å². The fraction of sp³-hybridized carbons (Fsp3) is 0.700. The minimum absolute atomic E-state index is 0.487. The Hall–Kier alpha value is -0.480. The lowest BCUT2D eigenvalue weighted by atomic mass is 10.1. The van der Waals surface area contributed by atoms with Crippen molar-refractivity contribution >= 4 is 17.7 Å². The largest absolute Gasteiger partial charge is 0.480 e. The van der Waals surface area contributed by atoms with Gasteiger partial charge in [0.25, 0.3) is 0 Å². The van der Waals surface area contributed by atoms with E-state index in [2.05, 4.69) is 6.92 Å². The van der Waals surface area contributed by atoms with Crippen LogP contribution < -0.4 is 0 Å². The standard InChI is InChI=1S/C10H19NO2S/c1-5-8(7-14-6-2)9(10(12)13)11(3)4/h7,9H,5-6H2,1-4H3,(H,12,13)/b8-7+. The minimum Gasteiger partial charge on any atom is -0.480 e. The third-order valence-corrected chi connectivity index (χ3v) is 2.71. The Morgan fingerprint density at radius 3 is 2.36 bits per heavy atom. The second kappa shape index (κ2) is 6.90. The molecule has 0 bridgehead atoms. The summed E-state index contributed by atoms with van der Waals surface area (Å²) in [7, 11) is 3.58. The van der Waals surface area contributed by atoms with E-state index >= 15 is 0 Å². The molecule has 1 atom stereocenters. The molecule has 0 fully saturated rings. The quantitative estimate of drug-likeness (QED) is 0.739. The molecule has 82 valence electrons. The van der Waals surface area contributed by atoms with Gasteiger partial charge in [0.1, 0.15) is 6.04 Å². The summed E-state index contributed by atoms with van der Waals surface area (Å²) in [6, 6.07) is -0.487. The number of aliphatic carboxylic acids is 1. The molecule has 0 rings (SSSR count). The molecule has 0 aromatic heterocycles. The van der Waals surface area contributed by atoms with Crippen molar-refractivity contribution in [1.29, 1.82) is 0 Å². The number of nitrogens with zero attached hydrogens (tertiary/aromatic N) is 1. The molecular formula is C10H19NO2S. The highest BCUT2D eigenvalue weighted by Gasteiger charge is 2.22. The molecule has 0 saturated carbocycles. The summed E-state index contributed by atoms with van der Waals surface area (Å²) in [4.78, 5) is 12.7. The maximum atomic E-state index is 11.0. The first kappa shape index (κ1) is 13.5. The monoisotopic (exact) mass is 217 g/mol. The zero-order valence-electron chi connectivity index (χ0n) is 9.28. The molecule has 14 heavy (non-hydrogen) atoms. The highest BCUT2D eigenvalue weighted by Crippen LogP contribution is 2.17. The van der Waals surface area contributed by atoms with Crippen LogP contribution in [0.15, 0.2) is 11.0 Å². The van der Waals surface area contributed by atoms with E-state index in [4.69, 9.17) is 5.11 Å². The lowest BCUT2D eigenvalue weighted by Crippen LogP contribution is -2.37. The Morgan fingerprint density at radius 1 is 1.50 bits per heavy atom. The zero-order valence-corrected chi connectivity index (χ0v) is 10.1. The molecule has 0 amide bonds. The van der Waals surface area contributed by atoms with Crippen molar-refractivity contribution in [2.45, 2.75) is 26.3 Å². The fourth-order valence-corrected chi connectivity index (χ4v) is 1.92. The van der Waals surface area contributed by atoms with Crippen LogP contribution in [-0.2, 0) is 4.79 Å². The van der Waals surface area contributed by atoms with Crippen molar-refractivity contribution in [1.82, 2.24) is 4.90 Å². The number of carboxylic acids is 1. The van der Waals surface area contributed by atoms with Crippen molar-refractivity contribution in [3.05, 3.63) is 11.0 Å². The van der Waals surface area contributed by atoms with Crippen molar-refractivity contribution in [2.24, 2.45) is 0 Å². The average molecular weight is 217 g/mol. The van der Waals surface area contributed by atoms with E-state index in [1.54, 1.807) is 30.8 Å². The highest BCUT2D eigenvalue weighted by molar-refractivity contribution is 8.02. The van der Waals surface area contributed by atoms with Gasteiger partial charge in [0.05, 0.1) is 0 Å². The van der Waals surface area contributed by atoms with Crippen LogP contribution in [-0.4, -0.2) is 41.9 Å². The van der Waals surface area contributed by atoms with E-state index in [-0.39, 0.29) is 0 Å². The SMILES string of the molecule is CCS/C=C(\CC)C(C(=O)O)N(C)C. The van der Waals surface area contributed by atoms with Gasteiger partial charge in [0.2, 0.25) is 0 Å². The normalized spacial score (nSPS) is 14.5. The van der Waals surface area contributed by atoms with Crippen molar-refractivity contribution in [3.63, 3.8) is 0 Å². The number of likely N-dealkylation sites (N-methyl/N-ethyl adjacent to an activating group) is 1. The fourth-order valence-electron chi connectivity index (χ4n) is 1.24. The number of carboxylic acid groups (broad SMARTS) is 1. The molecule has 1 unspecified atom stereocenters. The van der Waals surface area contributed by atoms with E-state index in [1.165, 1.54) is 0 Å². The Labute approximate surface area is 90.2 Å². The van der Waals surface area contributed by atoms with E-state index in [0.29, 0.717) is 0 Å². The minimum atomic E-state index is -0.778. The van der Waals surface area contributed by atoms with Gasteiger partial charge in [0.15, 0.2) is 0 Å². The van der Waals surface area contributed by atoms with Crippen LogP contribution in [0.3, 0.4) is 0 Å². The van der Waals surface area contributed by atoms with Gasteiger partial charge in [-0.2, -0.15) is 0 Å². The molecule has 0 spiro atoms. The van der Waals surface area contributed by atoms with Crippen LogP contribution in [0.1, 0.15) is 20.3 Å². The third-order valence-electron chi connectivity index (χ3n) is 1.91. The Morgan fingerprint density at radius 2 is 2.07 bits per heavy atom. The van der Waals surface area contributed by atoms with Gasteiger partial charge in [-0.15, -0.1) is 11.8 Å². The summed E-state index contributed by atoms with van der Waals surface area (Å²) < 4.78 is 0. The third kappa shape index (κ3) is 4.15. The molecule has 4 heteroatoms. The van der Waals surface area contributed by atoms with Gasteiger partial charge in [-0.05, 0) is 37.3 Å². The maximum Gasteiger partial charge on any atom is 0.325 e. The summed E-state index contributed by atoms with van der Waals surface area (Å²) in [5, 5.41) is 11.0. The van der Waals surface area contributed by atoms with Gasteiger partial charge >= 0.3 is 5.97 Å². The predicted molar refractivity (Wildman–Crippen MR) is 61.6 cm³/mol. The van der Waals surface area contributed by atoms with E-state index in [0.717, 1.165) is 17.7 Å². The highest BCUT2D eigenvalue weighted by atomic mass is 32.2. The van der Waals surface area contributed by atoms with Crippen LogP contribution in [0, 0.1) is 0 Å². The van der Waals surface area contributed by atoms with Gasteiger partial charge in [-0.1, -0.05) is 13.8 Å². The number of rotatable bonds is 6. The van der Waals surface area contributed by atoms with Crippen molar-refractivity contribution in [2.75, 3.05) is 19.8 Å². The van der Waals surface area contributed by atoms with Gasteiger partial charge in [-0.25, -0.2) is 0 Å². The molecule has 0 saturated heterocycles. The molecule has 0 heterocycles. The lowest BCUT2D eigenvalue weighted by molar-refractivity contribution is -0.140. The molecule has 0 aromatic rings. The van der Waals surface area contributed by atoms with Crippen LogP contribution in [0.5, 0.6) is 0 Å². The maximum absolute atomic E-state index is 11.0. The second-order valence-corrected chi connectivity index (χ2v) is 4.35. The molecule has 0 radical (unpaired) electrons. The molecule has 0 aliphatic rings. The number of hydrogen-bond donors (Lipinski definition) is 1. The first-order valence-electron chi connectivity index (χ1n) is 4.74. The smallest absolute Gasteiger partial charge is 0.325 e. The van der Waals surface area contributed by atoms with Crippen LogP contribution in [0.25, 0.3) is 0 Å². The summed E-state index contributed by atoms with van der Waals surface area (Å²) in [6.07, 6.45) is 0.780. The van der Waals surface area contributed by atoms with Gasteiger partial charge < -0.3 is 5.11 Å². The van der Waals surface area contributed by atoms with Crippen molar-refractivity contribution < 1.29 is 9.90 Å². The summed E-state index contributed by atoms with van der Waals surface area (Å²) in [5.74, 6) is 0.198. The van der Waals surface area contributed by atoms with E-state index in [9.17, 15) is 4.79 Å². The molecule has 1 N–H and O–H groups in total. The number of thioether (sulfide) groups is 1. The van der Waals surface area contributed by atoms with Gasteiger partial charge in [0, 0.05) is 0 Å². The topological polar surface area (TPSA) is 40.5 Å². The lowest BCUT2D eigenvalue weighted by Gasteiger charge is -2.22. The first-order chi connectivity index (χ1) is 6.54. The summed E-state index contributed by atoms with van der Waals surface area (Å²) in [5.41, 5.74) is 0.967. The Balaban J connectivity index is 4.67. The number of carbonyl (C=O) groups is 1. The summed E-state index contributed by atoms with van der Waals surface area (Å²) in [6.45, 7) is 4.04. The molecule has 0 aliphatic heterocycles. The second-order valence-electron chi connectivity index (χ2n) is 3.21. The predicted octanol–water partition coefficient (Wildman–Crippen LogP) is 2.05. The molecule has 0 aromatic carbocycles. The Kier molecular flexibility index (Phi) is 6.66. The Bertz CT molecular complexity index is 214.